The van der Waals surface area contributed by atoms with Crippen molar-refractivity contribution in [2.45, 2.75) is 26.3 Å². The standard InChI is InChI=1S/C11H20N4O/c1-9-13-11(16-14-9)7-12-6-10-4-3-5-15(2)8-10/h10,12H,3-8H2,1-2H3. The quantitative estimate of drug-likeness (QED) is 0.820. The first-order valence-corrected chi connectivity index (χ1v) is 5.92. The van der Waals surface area contributed by atoms with E-state index in [0.29, 0.717) is 18.3 Å². The highest BCUT2D eigenvalue weighted by molar-refractivity contribution is 4.82. The molecule has 1 fully saturated rings. The van der Waals surface area contributed by atoms with Gasteiger partial charge in [0.05, 0.1) is 6.54 Å². The Bertz CT molecular complexity index is 326. The van der Waals surface area contributed by atoms with Crippen LogP contribution in [0.1, 0.15) is 24.6 Å². The van der Waals surface area contributed by atoms with Crippen molar-refractivity contribution >= 4 is 0 Å². The molecule has 16 heavy (non-hydrogen) atoms. The number of nitrogens with one attached hydrogen (secondary N) is 1. The molecule has 0 aliphatic carbocycles. The van der Waals surface area contributed by atoms with E-state index in [1.165, 1.54) is 25.9 Å². The lowest BCUT2D eigenvalue weighted by atomic mass is 9.98. The Morgan fingerprint density at radius 3 is 3.12 bits per heavy atom. The number of aromatic nitrogens is 2. The second-order valence-electron chi connectivity index (χ2n) is 4.64. The molecule has 1 aromatic rings. The van der Waals surface area contributed by atoms with Crippen molar-refractivity contribution < 1.29 is 4.52 Å². The first-order chi connectivity index (χ1) is 7.74. The zero-order chi connectivity index (χ0) is 11.4. The Balaban J connectivity index is 1.67. The molecule has 2 rings (SSSR count). The summed E-state index contributed by atoms with van der Waals surface area (Å²) in [6, 6.07) is 0. The van der Waals surface area contributed by atoms with Gasteiger partial charge in [-0.3, -0.25) is 0 Å². The monoisotopic (exact) mass is 224 g/mol. The SMILES string of the molecule is Cc1noc(CNCC2CCCN(C)C2)n1. The molecule has 1 aromatic heterocycles. The number of piperidine rings is 1. The van der Waals surface area contributed by atoms with E-state index < -0.39 is 0 Å². The Kier molecular flexibility index (Phi) is 3.90. The normalized spacial score (nSPS) is 22.5. The largest absolute Gasteiger partial charge is 0.338 e. The highest BCUT2D eigenvalue weighted by atomic mass is 16.5. The van der Waals surface area contributed by atoms with Crippen LogP contribution in [0.2, 0.25) is 0 Å². The third-order valence-corrected chi connectivity index (χ3v) is 3.00. The van der Waals surface area contributed by atoms with Gasteiger partial charge in [0.15, 0.2) is 5.82 Å². The lowest BCUT2D eigenvalue weighted by Crippen LogP contribution is -2.37. The van der Waals surface area contributed by atoms with Crippen molar-refractivity contribution in [2.24, 2.45) is 5.92 Å². The molecular formula is C11H20N4O. The summed E-state index contributed by atoms with van der Waals surface area (Å²) in [6.07, 6.45) is 2.63. The van der Waals surface area contributed by atoms with Gasteiger partial charge in [0.2, 0.25) is 5.89 Å². The average molecular weight is 224 g/mol. The van der Waals surface area contributed by atoms with Gasteiger partial charge in [0.1, 0.15) is 0 Å². The number of hydrogen-bond acceptors (Lipinski definition) is 5. The maximum absolute atomic E-state index is 5.04. The maximum atomic E-state index is 5.04. The van der Waals surface area contributed by atoms with Gasteiger partial charge in [-0.05, 0) is 45.8 Å². The van der Waals surface area contributed by atoms with E-state index in [0.717, 1.165) is 12.5 Å². The summed E-state index contributed by atoms with van der Waals surface area (Å²) in [7, 11) is 2.19. The molecule has 90 valence electrons. The van der Waals surface area contributed by atoms with E-state index in [1.54, 1.807) is 0 Å². The fourth-order valence-corrected chi connectivity index (χ4v) is 2.23. The third kappa shape index (κ3) is 3.28. The van der Waals surface area contributed by atoms with Crippen molar-refractivity contribution in [3.8, 4) is 0 Å². The molecule has 0 aromatic carbocycles. The second-order valence-corrected chi connectivity index (χ2v) is 4.64. The van der Waals surface area contributed by atoms with Gasteiger partial charge in [0, 0.05) is 6.54 Å². The van der Waals surface area contributed by atoms with E-state index in [1.807, 2.05) is 6.92 Å². The van der Waals surface area contributed by atoms with Crippen LogP contribution in [0.5, 0.6) is 0 Å². The minimum atomic E-state index is 0.682. The van der Waals surface area contributed by atoms with E-state index in [2.05, 4.69) is 27.4 Å². The zero-order valence-corrected chi connectivity index (χ0v) is 10.1. The van der Waals surface area contributed by atoms with Gasteiger partial charge in [-0.25, -0.2) is 0 Å². The van der Waals surface area contributed by atoms with Gasteiger partial charge >= 0.3 is 0 Å². The number of nitrogens with zero attached hydrogens (tertiary/aromatic N) is 3. The highest BCUT2D eigenvalue weighted by Crippen LogP contribution is 2.13. The summed E-state index contributed by atoms with van der Waals surface area (Å²) >= 11 is 0. The molecule has 1 atom stereocenters. The predicted molar refractivity (Wildman–Crippen MR) is 61.0 cm³/mol. The lowest BCUT2D eigenvalue weighted by molar-refractivity contribution is 0.204. The minimum Gasteiger partial charge on any atom is -0.338 e. The Hall–Kier alpha value is -0.940. The van der Waals surface area contributed by atoms with E-state index in [4.69, 9.17) is 4.52 Å². The molecule has 1 unspecified atom stereocenters. The van der Waals surface area contributed by atoms with Crippen molar-refractivity contribution in [3.05, 3.63) is 11.7 Å². The molecule has 1 aliphatic heterocycles. The Morgan fingerprint density at radius 2 is 2.44 bits per heavy atom. The maximum Gasteiger partial charge on any atom is 0.240 e. The fraction of sp³-hybridized carbons (Fsp3) is 0.818. The first-order valence-electron chi connectivity index (χ1n) is 5.92. The minimum absolute atomic E-state index is 0.682. The van der Waals surface area contributed by atoms with Gasteiger partial charge < -0.3 is 14.7 Å². The van der Waals surface area contributed by atoms with E-state index >= 15 is 0 Å². The molecule has 0 spiro atoms. The van der Waals surface area contributed by atoms with Crippen LogP contribution >= 0.6 is 0 Å². The third-order valence-electron chi connectivity index (χ3n) is 3.00. The highest BCUT2D eigenvalue weighted by Gasteiger charge is 2.16. The number of likely N-dealkylation sites (tertiary alicyclic amines) is 1. The van der Waals surface area contributed by atoms with E-state index in [-0.39, 0.29) is 0 Å². The number of rotatable bonds is 4. The molecular weight excluding hydrogens is 204 g/mol. The molecule has 5 heteroatoms. The zero-order valence-electron chi connectivity index (χ0n) is 10.1. The first kappa shape index (κ1) is 11.5. The summed E-state index contributed by atoms with van der Waals surface area (Å²) in [5, 5.41) is 7.14. The van der Waals surface area contributed by atoms with Crippen LogP contribution < -0.4 is 5.32 Å². The van der Waals surface area contributed by atoms with Crippen LogP contribution in [-0.4, -0.2) is 41.7 Å². The number of aryl methyl sites for hydroxylation is 1. The summed E-state index contributed by atoms with van der Waals surface area (Å²) in [5.74, 6) is 2.14. The van der Waals surface area contributed by atoms with Crippen LogP contribution in [0.15, 0.2) is 4.52 Å². The van der Waals surface area contributed by atoms with Gasteiger partial charge in [-0.2, -0.15) is 4.98 Å². The van der Waals surface area contributed by atoms with Gasteiger partial charge in [0.25, 0.3) is 0 Å². The molecule has 1 aliphatic rings. The lowest BCUT2D eigenvalue weighted by Gasteiger charge is -2.29. The molecule has 2 heterocycles. The van der Waals surface area contributed by atoms with E-state index in [9.17, 15) is 0 Å². The van der Waals surface area contributed by atoms with Gasteiger partial charge in [-0.1, -0.05) is 5.16 Å². The summed E-state index contributed by atoms with van der Waals surface area (Å²) in [6.45, 7) is 5.98. The van der Waals surface area contributed by atoms with Crippen LogP contribution in [0, 0.1) is 12.8 Å². The molecule has 0 radical (unpaired) electrons. The summed E-state index contributed by atoms with van der Waals surface area (Å²) in [4.78, 5) is 6.55. The Labute approximate surface area is 96.2 Å². The topological polar surface area (TPSA) is 54.2 Å². The van der Waals surface area contributed by atoms with Crippen molar-refractivity contribution in [1.82, 2.24) is 20.4 Å². The molecule has 1 saturated heterocycles. The van der Waals surface area contributed by atoms with Crippen LogP contribution in [0.25, 0.3) is 0 Å². The molecule has 0 bridgehead atoms. The molecule has 1 N–H and O–H groups in total. The van der Waals surface area contributed by atoms with Crippen molar-refractivity contribution in [1.29, 1.82) is 0 Å². The molecule has 5 nitrogen and oxygen atoms in total. The summed E-state index contributed by atoms with van der Waals surface area (Å²) in [5.41, 5.74) is 0. The van der Waals surface area contributed by atoms with Crippen molar-refractivity contribution in [3.63, 3.8) is 0 Å². The smallest absolute Gasteiger partial charge is 0.240 e. The Morgan fingerprint density at radius 1 is 1.56 bits per heavy atom. The van der Waals surface area contributed by atoms with Crippen LogP contribution in [0.3, 0.4) is 0 Å². The molecule has 0 amide bonds. The molecule has 0 saturated carbocycles. The average Bonchev–Trinajstić information content (AvgIpc) is 2.64. The number of hydrogen-bond donors (Lipinski definition) is 1. The van der Waals surface area contributed by atoms with Crippen LogP contribution in [0.4, 0.5) is 0 Å². The van der Waals surface area contributed by atoms with Crippen LogP contribution in [-0.2, 0) is 6.54 Å². The predicted octanol–water partition coefficient (Wildman–Crippen LogP) is 0.809. The van der Waals surface area contributed by atoms with Crippen molar-refractivity contribution in [2.75, 3.05) is 26.7 Å². The second kappa shape index (κ2) is 5.41. The fourth-order valence-electron chi connectivity index (χ4n) is 2.23. The van der Waals surface area contributed by atoms with Gasteiger partial charge in [-0.15, -0.1) is 0 Å². The summed E-state index contributed by atoms with van der Waals surface area (Å²) < 4.78 is 5.04.